The molecule has 0 aromatic heterocycles. The van der Waals surface area contributed by atoms with E-state index in [0.717, 1.165) is 32.2 Å². The SMILES string of the molecule is CCC(C)C(=O)N1CCCCC1CC(=O)O. The number of rotatable bonds is 4. The Labute approximate surface area is 96.6 Å². The molecule has 1 heterocycles. The summed E-state index contributed by atoms with van der Waals surface area (Å²) >= 11 is 0. The molecule has 1 aliphatic rings. The standard InChI is InChI=1S/C12H21NO3/c1-3-9(2)12(16)13-7-5-4-6-10(13)8-11(14)15/h9-10H,3-8H2,1-2H3,(H,14,15). The second kappa shape index (κ2) is 5.87. The van der Waals surface area contributed by atoms with E-state index in [0.29, 0.717) is 0 Å². The first-order valence-corrected chi connectivity index (χ1v) is 6.08. The number of likely N-dealkylation sites (tertiary alicyclic amines) is 1. The van der Waals surface area contributed by atoms with Crippen LogP contribution in [0.15, 0.2) is 0 Å². The number of nitrogens with zero attached hydrogens (tertiary/aromatic N) is 1. The molecule has 4 nitrogen and oxygen atoms in total. The molecule has 0 bridgehead atoms. The average molecular weight is 227 g/mol. The van der Waals surface area contributed by atoms with Crippen LogP contribution >= 0.6 is 0 Å². The molecule has 4 heteroatoms. The van der Waals surface area contributed by atoms with Crippen LogP contribution in [0.1, 0.15) is 46.0 Å². The Hall–Kier alpha value is -1.06. The number of carboxylic acids is 1. The van der Waals surface area contributed by atoms with Crippen molar-refractivity contribution in [1.29, 1.82) is 0 Å². The molecule has 0 aromatic rings. The third-order valence-electron chi connectivity index (χ3n) is 3.35. The van der Waals surface area contributed by atoms with Crippen LogP contribution in [0.2, 0.25) is 0 Å². The van der Waals surface area contributed by atoms with E-state index < -0.39 is 5.97 Å². The summed E-state index contributed by atoms with van der Waals surface area (Å²) in [5, 5.41) is 8.82. The molecule has 1 N–H and O–H groups in total. The van der Waals surface area contributed by atoms with E-state index in [4.69, 9.17) is 5.11 Å². The third-order valence-corrected chi connectivity index (χ3v) is 3.35. The highest BCUT2D eigenvalue weighted by Gasteiger charge is 2.30. The first-order chi connectivity index (χ1) is 7.56. The monoisotopic (exact) mass is 227 g/mol. The van der Waals surface area contributed by atoms with Crippen molar-refractivity contribution in [2.75, 3.05) is 6.54 Å². The summed E-state index contributed by atoms with van der Waals surface area (Å²) in [5.41, 5.74) is 0. The highest BCUT2D eigenvalue weighted by atomic mass is 16.4. The number of carbonyl (C=O) groups is 2. The largest absolute Gasteiger partial charge is 0.481 e. The molecule has 1 fully saturated rings. The highest BCUT2D eigenvalue weighted by molar-refractivity contribution is 5.79. The van der Waals surface area contributed by atoms with E-state index in [-0.39, 0.29) is 24.3 Å². The van der Waals surface area contributed by atoms with Gasteiger partial charge in [0.05, 0.1) is 6.42 Å². The number of hydrogen-bond acceptors (Lipinski definition) is 2. The summed E-state index contributed by atoms with van der Waals surface area (Å²) in [6, 6.07) is -0.0900. The number of amides is 1. The number of aliphatic carboxylic acids is 1. The van der Waals surface area contributed by atoms with E-state index >= 15 is 0 Å². The van der Waals surface area contributed by atoms with Crippen molar-refractivity contribution in [2.45, 2.75) is 52.0 Å². The van der Waals surface area contributed by atoms with Crippen molar-refractivity contribution in [1.82, 2.24) is 4.90 Å². The summed E-state index contributed by atoms with van der Waals surface area (Å²) in [5.74, 6) is -0.684. The van der Waals surface area contributed by atoms with Crippen molar-refractivity contribution < 1.29 is 14.7 Å². The van der Waals surface area contributed by atoms with Crippen LogP contribution in [0, 0.1) is 5.92 Å². The van der Waals surface area contributed by atoms with Crippen LogP contribution in [0.25, 0.3) is 0 Å². The van der Waals surface area contributed by atoms with Crippen LogP contribution in [0.3, 0.4) is 0 Å². The Balaban J connectivity index is 2.65. The molecule has 2 atom stereocenters. The molecule has 1 saturated heterocycles. The molecular weight excluding hydrogens is 206 g/mol. The van der Waals surface area contributed by atoms with Crippen LogP contribution in [-0.2, 0) is 9.59 Å². The Morgan fingerprint density at radius 2 is 2.12 bits per heavy atom. The first kappa shape index (κ1) is 13.0. The molecule has 0 radical (unpaired) electrons. The summed E-state index contributed by atoms with van der Waals surface area (Å²) in [4.78, 5) is 24.6. The Bertz CT molecular complexity index is 265. The van der Waals surface area contributed by atoms with Crippen molar-refractivity contribution >= 4 is 11.9 Å². The van der Waals surface area contributed by atoms with Crippen molar-refractivity contribution in [3.63, 3.8) is 0 Å². The van der Waals surface area contributed by atoms with E-state index in [1.807, 2.05) is 13.8 Å². The lowest BCUT2D eigenvalue weighted by Gasteiger charge is -2.36. The van der Waals surface area contributed by atoms with E-state index in [9.17, 15) is 9.59 Å². The van der Waals surface area contributed by atoms with Gasteiger partial charge in [0.1, 0.15) is 0 Å². The number of carbonyl (C=O) groups excluding carboxylic acids is 1. The zero-order chi connectivity index (χ0) is 12.1. The van der Waals surface area contributed by atoms with Gasteiger partial charge < -0.3 is 10.0 Å². The molecule has 0 aliphatic carbocycles. The Morgan fingerprint density at radius 1 is 1.44 bits per heavy atom. The molecule has 1 aliphatic heterocycles. The molecule has 1 amide bonds. The van der Waals surface area contributed by atoms with Gasteiger partial charge in [-0.1, -0.05) is 13.8 Å². The molecule has 16 heavy (non-hydrogen) atoms. The Morgan fingerprint density at radius 3 is 2.69 bits per heavy atom. The van der Waals surface area contributed by atoms with Gasteiger partial charge >= 0.3 is 5.97 Å². The van der Waals surface area contributed by atoms with Crippen LogP contribution < -0.4 is 0 Å². The quantitative estimate of drug-likeness (QED) is 0.797. The fraction of sp³-hybridized carbons (Fsp3) is 0.833. The zero-order valence-corrected chi connectivity index (χ0v) is 10.1. The van der Waals surface area contributed by atoms with Crippen molar-refractivity contribution in [2.24, 2.45) is 5.92 Å². The van der Waals surface area contributed by atoms with Gasteiger partial charge in [0.15, 0.2) is 0 Å². The van der Waals surface area contributed by atoms with E-state index in [1.54, 1.807) is 4.90 Å². The molecule has 1 rings (SSSR count). The van der Waals surface area contributed by atoms with Crippen molar-refractivity contribution in [3.8, 4) is 0 Å². The van der Waals surface area contributed by atoms with Gasteiger partial charge in [-0.25, -0.2) is 0 Å². The predicted molar refractivity (Wildman–Crippen MR) is 61.1 cm³/mol. The second-order valence-electron chi connectivity index (χ2n) is 4.59. The van der Waals surface area contributed by atoms with Crippen molar-refractivity contribution in [3.05, 3.63) is 0 Å². The topological polar surface area (TPSA) is 57.6 Å². The van der Waals surface area contributed by atoms with Crippen LogP contribution in [0.5, 0.6) is 0 Å². The molecular formula is C12H21NO3. The minimum atomic E-state index is -0.811. The molecule has 92 valence electrons. The average Bonchev–Trinajstić information content (AvgIpc) is 2.27. The summed E-state index contributed by atoms with van der Waals surface area (Å²) in [7, 11) is 0. The fourth-order valence-electron chi connectivity index (χ4n) is 2.16. The summed E-state index contributed by atoms with van der Waals surface area (Å²) in [6.07, 6.45) is 3.76. The molecule has 2 unspecified atom stereocenters. The van der Waals surface area contributed by atoms with E-state index in [1.165, 1.54) is 0 Å². The predicted octanol–water partition coefficient (Wildman–Crippen LogP) is 1.89. The van der Waals surface area contributed by atoms with Gasteiger partial charge in [-0.15, -0.1) is 0 Å². The van der Waals surface area contributed by atoms with Gasteiger partial charge in [-0.2, -0.15) is 0 Å². The molecule has 0 aromatic carbocycles. The van der Waals surface area contributed by atoms with Gasteiger partial charge in [-0.3, -0.25) is 9.59 Å². The maximum absolute atomic E-state index is 12.1. The smallest absolute Gasteiger partial charge is 0.305 e. The minimum absolute atomic E-state index is 0.00870. The highest BCUT2D eigenvalue weighted by Crippen LogP contribution is 2.22. The van der Waals surface area contributed by atoms with Gasteiger partial charge in [0.25, 0.3) is 0 Å². The van der Waals surface area contributed by atoms with E-state index in [2.05, 4.69) is 0 Å². The van der Waals surface area contributed by atoms with Crippen LogP contribution in [-0.4, -0.2) is 34.5 Å². The lowest BCUT2D eigenvalue weighted by Crippen LogP contribution is -2.46. The summed E-state index contributed by atoms with van der Waals surface area (Å²) < 4.78 is 0. The number of hydrogen-bond donors (Lipinski definition) is 1. The maximum atomic E-state index is 12.1. The zero-order valence-electron chi connectivity index (χ0n) is 10.1. The van der Waals surface area contributed by atoms with Gasteiger partial charge in [-0.05, 0) is 25.7 Å². The van der Waals surface area contributed by atoms with Gasteiger partial charge in [0.2, 0.25) is 5.91 Å². The first-order valence-electron chi connectivity index (χ1n) is 6.08. The lowest BCUT2D eigenvalue weighted by atomic mass is 9.96. The van der Waals surface area contributed by atoms with Crippen LogP contribution in [0.4, 0.5) is 0 Å². The number of piperidine rings is 1. The third kappa shape index (κ3) is 3.22. The minimum Gasteiger partial charge on any atom is -0.481 e. The normalized spacial score (nSPS) is 22.9. The molecule has 0 spiro atoms. The Kier molecular flexibility index (Phi) is 4.77. The maximum Gasteiger partial charge on any atom is 0.305 e. The number of carboxylic acid groups (broad SMARTS) is 1. The lowest BCUT2D eigenvalue weighted by molar-refractivity contribution is -0.143. The fourth-order valence-corrected chi connectivity index (χ4v) is 2.16. The van der Waals surface area contributed by atoms with Gasteiger partial charge in [0, 0.05) is 18.5 Å². The second-order valence-corrected chi connectivity index (χ2v) is 4.59. The molecule has 0 saturated carbocycles. The summed E-state index contributed by atoms with van der Waals surface area (Å²) in [6.45, 7) is 4.62.